The highest BCUT2D eigenvalue weighted by atomic mass is 15.3. The summed E-state index contributed by atoms with van der Waals surface area (Å²) in [4.78, 5) is 24.9. The van der Waals surface area contributed by atoms with Crippen LogP contribution < -0.4 is 14.7 Å². The Kier molecular flexibility index (Phi) is 4.63. The predicted octanol–water partition coefficient (Wildman–Crippen LogP) is 1.83. The second-order valence-electron chi connectivity index (χ2n) is 6.93. The van der Waals surface area contributed by atoms with Crippen molar-refractivity contribution in [2.24, 2.45) is 5.92 Å². The molecule has 4 heterocycles. The fourth-order valence-electron chi connectivity index (χ4n) is 3.63. The third-order valence-corrected chi connectivity index (χ3v) is 5.01. The van der Waals surface area contributed by atoms with Crippen LogP contribution in [-0.4, -0.2) is 59.2 Å². The summed E-state index contributed by atoms with van der Waals surface area (Å²) < 4.78 is 0. The molecule has 2 aromatic heterocycles. The molecular formula is C18H25N7. The normalized spacial score (nSPS) is 21.5. The summed E-state index contributed by atoms with van der Waals surface area (Å²) in [6.07, 6.45) is 8.02. The summed E-state index contributed by atoms with van der Waals surface area (Å²) in [6.45, 7) is 8.08. The molecule has 2 aliphatic rings. The molecule has 132 valence electrons. The van der Waals surface area contributed by atoms with Crippen LogP contribution in [0.4, 0.5) is 17.7 Å². The van der Waals surface area contributed by atoms with Gasteiger partial charge in [-0.2, -0.15) is 4.98 Å². The quantitative estimate of drug-likeness (QED) is 0.845. The van der Waals surface area contributed by atoms with Crippen molar-refractivity contribution in [1.29, 1.82) is 0 Å². The summed E-state index contributed by atoms with van der Waals surface area (Å²) >= 11 is 0. The van der Waals surface area contributed by atoms with Gasteiger partial charge < -0.3 is 14.7 Å². The van der Waals surface area contributed by atoms with E-state index in [0.717, 1.165) is 62.9 Å². The van der Waals surface area contributed by atoms with E-state index in [1.807, 2.05) is 18.3 Å². The molecule has 2 saturated heterocycles. The first-order chi connectivity index (χ1) is 12.3. The highest BCUT2D eigenvalue weighted by Crippen LogP contribution is 2.22. The summed E-state index contributed by atoms with van der Waals surface area (Å²) in [6, 6.07) is 3.87. The molecule has 7 nitrogen and oxygen atoms in total. The maximum Gasteiger partial charge on any atom is 0.227 e. The molecule has 2 aromatic rings. The van der Waals surface area contributed by atoms with Crippen LogP contribution in [0.25, 0.3) is 0 Å². The van der Waals surface area contributed by atoms with Crippen molar-refractivity contribution in [1.82, 2.24) is 19.9 Å². The van der Waals surface area contributed by atoms with Crippen molar-refractivity contribution >= 4 is 17.7 Å². The molecule has 2 fully saturated rings. The number of anilines is 3. The van der Waals surface area contributed by atoms with Crippen LogP contribution in [0, 0.1) is 5.92 Å². The van der Waals surface area contributed by atoms with Crippen LogP contribution in [0.3, 0.4) is 0 Å². The Hall–Kier alpha value is -2.44. The molecule has 1 unspecified atom stereocenters. The van der Waals surface area contributed by atoms with Crippen molar-refractivity contribution in [3.05, 3.63) is 30.7 Å². The Labute approximate surface area is 148 Å². The third-order valence-electron chi connectivity index (χ3n) is 5.01. The van der Waals surface area contributed by atoms with Gasteiger partial charge in [0.15, 0.2) is 0 Å². The largest absolute Gasteiger partial charge is 0.353 e. The highest BCUT2D eigenvalue weighted by molar-refractivity contribution is 5.46. The van der Waals surface area contributed by atoms with Gasteiger partial charge in [-0.3, -0.25) is 0 Å². The zero-order valence-corrected chi connectivity index (χ0v) is 14.8. The minimum Gasteiger partial charge on any atom is -0.353 e. The summed E-state index contributed by atoms with van der Waals surface area (Å²) in [7, 11) is 0. The van der Waals surface area contributed by atoms with Gasteiger partial charge in [0.2, 0.25) is 11.9 Å². The molecule has 4 rings (SSSR count). The maximum absolute atomic E-state index is 4.84. The fourth-order valence-corrected chi connectivity index (χ4v) is 3.63. The first kappa shape index (κ1) is 16.1. The number of aromatic nitrogens is 4. The second kappa shape index (κ2) is 7.21. The Balaban J connectivity index is 1.42. The van der Waals surface area contributed by atoms with E-state index in [-0.39, 0.29) is 0 Å². The van der Waals surface area contributed by atoms with Crippen molar-refractivity contribution in [2.45, 2.75) is 19.8 Å². The van der Waals surface area contributed by atoms with Crippen LogP contribution in [-0.2, 0) is 0 Å². The lowest BCUT2D eigenvalue weighted by Gasteiger charge is -2.36. The van der Waals surface area contributed by atoms with Crippen LogP contribution in [0.1, 0.15) is 19.8 Å². The van der Waals surface area contributed by atoms with E-state index in [9.17, 15) is 0 Å². The average molecular weight is 339 g/mol. The highest BCUT2D eigenvalue weighted by Gasteiger charge is 2.22. The molecular weight excluding hydrogens is 314 g/mol. The molecule has 0 saturated carbocycles. The van der Waals surface area contributed by atoms with Crippen LogP contribution in [0.2, 0.25) is 0 Å². The smallest absolute Gasteiger partial charge is 0.227 e. The van der Waals surface area contributed by atoms with Crippen molar-refractivity contribution in [3.63, 3.8) is 0 Å². The van der Waals surface area contributed by atoms with E-state index in [1.54, 1.807) is 12.4 Å². The van der Waals surface area contributed by atoms with E-state index < -0.39 is 0 Å². The van der Waals surface area contributed by atoms with E-state index >= 15 is 0 Å². The Morgan fingerprint density at radius 2 is 1.56 bits per heavy atom. The zero-order valence-electron chi connectivity index (χ0n) is 14.8. The molecule has 7 heteroatoms. The van der Waals surface area contributed by atoms with Gasteiger partial charge in [0.25, 0.3) is 0 Å². The molecule has 2 aliphatic heterocycles. The SMILES string of the molecule is CC1CCCN(c2nccc(N3CCN(c4ncccn4)CC3)n2)C1. The van der Waals surface area contributed by atoms with Crippen molar-refractivity contribution < 1.29 is 0 Å². The topological polar surface area (TPSA) is 61.3 Å². The number of rotatable bonds is 3. The molecule has 0 radical (unpaired) electrons. The van der Waals surface area contributed by atoms with Gasteiger partial charge in [0.1, 0.15) is 5.82 Å². The van der Waals surface area contributed by atoms with Gasteiger partial charge >= 0.3 is 0 Å². The third kappa shape index (κ3) is 3.65. The number of hydrogen-bond donors (Lipinski definition) is 0. The summed E-state index contributed by atoms with van der Waals surface area (Å²) in [5.41, 5.74) is 0. The van der Waals surface area contributed by atoms with Gasteiger partial charge in [-0.25, -0.2) is 15.0 Å². The molecule has 0 spiro atoms. The number of hydrogen-bond acceptors (Lipinski definition) is 7. The van der Waals surface area contributed by atoms with Crippen molar-refractivity contribution in [3.8, 4) is 0 Å². The predicted molar refractivity (Wildman–Crippen MR) is 99.1 cm³/mol. The fraction of sp³-hybridized carbons (Fsp3) is 0.556. The minimum atomic E-state index is 0.718. The molecule has 0 aliphatic carbocycles. The molecule has 0 N–H and O–H groups in total. The monoisotopic (exact) mass is 339 g/mol. The van der Waals surface area contributed by atoms with Crippen LogP contribution in [0.5, 0.6) is 0 Å². The van der Waals surface area contributed by atoms with Gasteiger partial charge in [-0.05, 0) is 30.9 Å². The Bertz CT molecular complexity index is 685. The lowest BCUT2D eigenvalue weighted by molar-refractivity contribution is 0.442. The Morgan fingerprint density at radius 1 is 0.840 bits per heavy atom. The van der Waals surface area contributed by atoms with Gasteiger partial charge in [0, 0.05) is 57.9 Å². The lowest BCUT2D eigenvalue weighted by Crippen LogP contribution is -2.47. The summed E-state index contributed by atoms with van der Waals surface area (Å²) in [5.74, 6) is 3.43. The average Bonchev–Trinajstić information content (AvgIpc) is 2.69. The lowest BCUT2D eigenvalue weighted by atomic mass is 10.0. The van der Waals surface area contributed by atoms with Gasteiger partial charge in [0.05, 0.1) is 0 Å². The molecule has 1 atom stereocenters. The van der Waals surface area contributed by atoms with E-state index in [1.165, 1.54) is 12.8 Å². The van der Waals surface area contributed by atoms with E-state index in [4.69, 9.17) is 4.98 Å². The zero-order chi connectivity index (χ0) is 17.1. The maximum atomic E-state index is 4.84. The number of piperazine rings is 1. The first-order valence-electron chi connectivity index (χ1n) is 9.14. The molecule has 0 bridgehead atoms. The molecule has 0 amide bonds. The number of piperidine rings is 1. The van der Waals surface area contributed by atoms with Gasteiger partial charge in [-0.15, -0.1) is 0 Å². The van der Waals surface area contributed by atoms with E-state index in [2.05, 4.69) is 36.6 Å². The summed E-state index contributed by atoms with van der Waals surface area (Å²) in [5, 5.41) is 0. The number of nitrogens with zero attached hydrogens (tertiary/aromatic N) is 7. The molecule has 25 heavy (non-hydrogen) atoms. The second-order valence-corrected chi connectivity index (χ2v) is 6.93. The van der Waals surface area contributed by atoms with Crippen LogP contribution >= 0.6 is 0 Å². The van der Waals surface area contributed by atoms with Crippen molar-refractivity contribution in [2.75, 3.05) is 54.0 Å². The first-order valence-corrected chi connectivity index (χ1v) is 9.14. The van der Waals surface area contributed by atoms with E-state index in [0.29, 0.717) is 0 Å². The Morgan fingerprint density at radius 3 is 2.32 bits per heavy atom. The van der Waals surface area contributed by atoms with Gasteiger partial charge in [-0.1, -0.05) is 6.92 Å². The molecule has 0 aromatic carbocycles. The standard InChI is InChI=1S/C18H25N7/c1-15-4-2-9-25(14-15)18-21-8-5-16(22-18)23-10-12-24(13-11-23)17-19-6-3-7-20-17/h3,5-8,15H,2,4,9-14H2,1H3. The van der Waals surface area contributed by atoms with Crippen LogP contribution in [0.15, 0.2) is 30.7 Å². The minimum absolute atomic E-state index is 0.718.